The van der Waals surface area contributed by atoms with E-state index in [-0.39, 0.29) is 42.0 Å². The van der Waals surface area contributed by atoms with E-state index >= 15 is 0 Å². The number of nitrogens with one attached hydrogen (secondary N) is 1. The summed E-state index contributed by atoms with van der Waals surface area (Å²) in [7, 11) is -1.49. The van der Waals surface area contributed by atoms with Crippen molar-refractivity contribution in [1.29, 1.82) is 0 Å². The van der Waals surface area contributed by atoms with Crippen LogP contribution in [0.2, 0.25) is 0 Å². The first-order valence-electron chi connectivity index (χ1n) is 14.8. The number of hydrogen-bond donors (Lipinski definition) is 1. The summed E-state index contributed by atoms with van der Waals surface area (Å²) in [6.45, 7) is 4.56. The maximum atomic E-state index is 13.6. The number of sulfone groups is 1. The second-order valence-electron chi connectivity index (χ2n) is 12.9. The van der Waals surface area contributed by atoms with Crippen molar-refractivity contribution in [1.82, 2.24) is 24.7 Å². The third-order valence-corrected chi connectivity index (χ3v) is 10.5. The molecular formula is C31H35F2N7O3S. The Morgan fingerprint density at radius 1 is 1.14 bits per heavy atom. The highest BCUT2D eigenvalue weighted by atomic mass is 32.2. The van der Waals surface area contributed by atoms with Gasteiger partial charge in [0.25, 0.3) is 0 Å². The summed E-state index contributed by atoms with van der Waals surface area (Å²) >= 11 is 0. The number of rotatable bonds is 8. The first-order chi connectivity index (χ1) is 20.8. The molecule has 1 N–H and O–H groups in total. The Bertz CT molecular complexity index is 1860. The standard InChI is InChI=1S/C31H35F2N7O3S/c1-18-23-13-35-40(26(23)9-25(36-18)24-12-34-6-5-27(24)43-3)29-8-22(39-14-20(19(39)2)15-44(4,41)42)7-28(38-29)37-21-10-30(11-21)16-31(32,33)17-30/h5-9,12-13,19-21H,10-11,14-17H2,1-4H3,(H,37,38)/t19-,20-/m1/s1. The normalized spacial score (nSPS) is 22.4. The molecule has 13 heteroatoms. The summed E-state index contributed by atoms with van der Waals surface area (Å²) in [5.41, 5.74) is 3.67. The van der Waals surface area contributed by atoms with Crippen molar-refractivity contribution in [3.63, 3.8) is 0 Å². The number of aromatic nitrogens is 5. The highest BCUT2D eigenvalue weighted by Crippen LogP contribution is 2.62. The van der Waals surface area contributed by atoms with Crippen LogP contribution in [0.15, 0.2) is 42.9 Å². The average Bonchev–Trinajstić information content (AvgIpc) is 3.37. The third-order valence-electron chi connectivity index (χ3n) is 9.48. The minimum absolute atomic E-state index is 0.0162. The number of pyridine rings is 3. The Kier molecular flexibility index (Phi) is 6.61. The molecule has 10 nitrogen and oxygen atoms in total. The Hall–Kier alpha value is -3.87. The molecule has 0 aromatic carbocycles. The van der Waals surface area contributed by atoms with E-state index in [2.05, 4.69) is 15.2 Å². The molecule has 1 aliphatic heterocycles. The molecule has 4 aromatic rings. The van der Waals surface area contributed by atoms with Crippen molar-refractivity contribution < 1.29 is 21.9 Å². The van der Waals surface area contributed by atoms with E-state index in [1.54, 1.807) is 36.4 Å². The predicted octanol–water partition coefficient (Wildman–Crippen LogP) is 5.05. The van der Waals surface area contributed by atoms with Gasteiger partial charge in [-0.2, -0.15) is 5.10 Å². The van der Waals surface area contributed by atoms with Crippen LogP contribution < -0.4 is 15.0 Å². The topological polar surface area (TPSA) is 115 Å². The minimum Gasteiger partial charge on any atom is -0.496 e. The van der Waals surface area contributed by atoms with Gasteiger partial charge in [-0.15, -0.1) is 0 Å². The first-order valence-corrected chi connectivity index (χ1v) is 16.8. The van der Waals surface area contributed by atoms with Crippen LogP contribution in [-0.4, -0.2) is 76.8 Å². The molecule has 3 aliphatic rings. The zero-order chi connectivity index (χ0) is 31.0. The number of halogens is 2. The molecule has 1 spiro atoms. The molecule has 44 heavy (non-hydrogen) atoms. The molecule has 0 amide bonds. The van der Waals surface area contributed by atoms with Crippen molar-refractivity contribution in [2.75, 3.05) is 35.9 Å². The third kappa shape index (κ3) is 5.14. The fraction of sp³-hybridized carbons (Fsp3) is 0.484. The van der Waals surface area contributed by atoms with Gasteiger partial charge in [-0.05, 0) is 44.2 Å². The number of methoxy groups -OCH3 is 1. The van der Waals surface area contributed by atoms with Crippen molar-refractivity contribution >= 4 is 32.2 Å². The summed E-state index contributed by atoms with van der Waals surface area (Å²) in [5, 5.41) is 9.07. The van der Waals surface area contributed by atoms with E-state index in [4.69, 9.17) is 19.8 Å². The van der Waals surface area contributed by atoms with E-state index in [0.29, 0.717) is 42.5 Å². The van der Waals surface area contributed by atoms with Crippen molar-refractivity contribution in [2.24, 2.45) is 11.3 Å². The molecule has 2 saturated carbocycles. The highest BCUT2D eigenvalue weighted by Gasteiger charge is 2.61. The van der Waals surface area contributed by atoms with Crippen LogP contribution in [0.25, 0.3) is 28.0 Å². The van der Waals surface area contributed by atoms with Crippen LogP contribution >= 0.6 is 0 Å². The summed E-state index contributed by atoms with van der Waals surface area (Å²) in [4.78, 5) is 16.2. The Labute approximate surface area is 254 Å². The molecule has 2 atom stereocenters. The fourth-order valence-corrected chi connectivity index (χ4v) is 8.50. The molecule has 5 heterocycles. The minimum atomic E-state index is -3.10. The Morgan fingerprint density at radius 2 is 1.91 bits per heavy atom. The summed E-state index contributed by atoms with van der Waals surface area (Å²) < 4.78 is 58.5. The molecule has 2 aliphatic carbocycles. The van der Waals surface area contributed by atoms with Gasteiger partial charge in [-0.1, -0.05) is 0 Å². The molecule has 232 valence electrons. The largest absolute Gasteiger partial charge is 0.496 e. The van der Waals surface area contributed by atoms with Gasteiger partial charge in [-0.25, -0.2) is 26.9 Å². The lowest BCUT2D eigenvalue weighted by Crippen LogP contribution is -2.57. The highest BCUT2D eigenvalue weighted by molar-refractivity contribution is 7.90. The van der Waals surface area contributed by atoms with Gasteiger partial charge in [0.1, 0.15) is 21.4 Å². The second-order valence-corrected chi connectivity index (χ2v) is 15.1. The molecule has 3 fully saturated rings. The number of aryl methyl sites for hydroxylation is 1. The van der Waals surface area contributed by atoms with E-state index < -0.39 is 15.8 Å². The lowest BCUT2D eigenvalue weighted by molar-refractivity contribution is -0.193. The van der Waals surface area contributed by atoms with Gasteiger partial charge in [0.15, 0.2) is 5.82 Å². The maximum Gasteiger partial charge on any atom is 0.249 e. The smallest absolute Gasteiger partial charge is 0.249 e. The van der Waals surface area contributed by atoms with Gasteiger partial charge in [0.2, 0.25) is 5.92 Å². The average molecular weight is 624 g/mol. The van der Waals surface area contributed by atoms with Crippen LogP contribution in [0.5, 0.6) is 5.75 Å². The van der Waals surface area contributed by atoms with Crippen molar-refractivity contribution in [2.45, 2.75) is 57.5 Å². The van der Waals surface area contributed by atoms with E-state index in [9.17, 15) is 17.2 Å². The molecule has 0 unspecified atom stereocenters. The summed E-state index contributed by atoms with van der Waals surface area (Å²) in [6.07, 6.45) is 7.71. The van der Waals surface area contributed by atoms with Crippen LogP contribution in [0.4, 0.5) is 20.3 Å². The van der Waals surface area contributed by atoms with Gasteiger partial charge < -0.3 is 15.0 Å². The number of alkyl halides is 2. The summed E-state index contributed by atoms with van der Waals surface area (Å²) in [6, 6.07) is 7.72. The second kappa shape index (κ2) is 10.1. The van der Waals surface area contributed by atoms with Crippen molar-refractivity contribution in [3.05, 3.63) is 48.5 Å². The van der Waals surface area contributed by atoms with Gasteiger partial charge in [0.05, 0.1) is 35.8 Å². The number of ether oxygens (including phenoxy) is 1. The molecule has 0 radical (unpaired) electrons. The van der Waals surface area contributed by atoms with Gasteiger partial charge in [0, 0.05) is 84.9 Å². The van der Waals surface area contributed by atoms with E-state index in [1.807, 2.05) is 32.0 Å². The number of fused-ring (bicyclic) bond motifs is 1. The van der Waals surface area contributed by atoms with Crippen LogP contribution in [0.3, 0.4) is 0 Å². The Morgan fingerprint density at radius 3 is 2.59 bits per heavy atom. The maximum absolute atomic E-state index is 13.6. The SMILES string of the molecule is COc1ccncc1-c1cc2c(cnn2-c2cc(N3C[C@H](CS(C)(=O)=O)[C@H]3C)cc(NC3CC4(C3)CC(F)(F)C4)n2)c(C)n1. The molecular weight excluding hydrogens is 588 g/mol. The summed E-state index contributed by atoms with van der Waals surface area (Å²) in [5.74, 6) is -0.510. The first kappa shape index (κ1) is 28.9. The number of nitrogens with zero attached hydrogens (tertiary/aromatic N) is 6. The van der Waals surface area contributed by atoms with Gasteiger partial charge >= 0.3 is 0 Å². The zero-order valence-electron chi connectivity index (χ0n) is 25.1. The van der Waals surface area contributed by atoms with Crippen LogP contribution in [0.1, 0.15) is 38.3 Å². The van der Waals surface area contributed by atoms with Crippen molar-refractivity contribution in [3.8, 4) is 22.8 Å². The molecule has 0 bridgehead atoms. The van der Waals surface area contributed by atoms with Crippen LogP contribution in [0, 0.1) is 18.3 Å². The fourth-order valence-electron chi connectivity index (χ4n) is 7.34. The molecule has 4 aromatic heterocycles. The lowest BCUT2D eigenvalue weighted by atomic mass is 9.52. The predicted molar refractivity (Wildman–Crippen MR) is 164 cm³/mol. The van der Waals surface area contributed by atoms with E-state index in [0.717, 1.165) is 27.8 Å². The lowest BCUT2D eigenvalue weighted by Gasteiger charge is -2.57. The van der Waals surface area contributed by atoms with Gasteiger partial charge in [-0.3, -0.25) is 9.97 Å². The molecule has 1 saturated heterocycles. The quantitative estimate of drug-likeness (QED) is 0.288. The number of hydrogen-bond acceptors (Lipinski definition) is 9. The molecule has 7 rings (SSSR count). The Balaban J connectivity index is 1.25. The van der Waals surface area contributed by atoms with Crippen LogP contribution in [-0.2, 0) is 9.84 Å². The number of anilines is 2. The van der Waals surface area contributed by atoms with E-state index in [1.165, 1.54) is 6.26 Å². The monoisotopic (exact) mass is 623 g/mol. The zero-order valence-corrected chi connectivity index (χ0v) is 25.9.